The molecule has 0 spiro atoms. The van der Waals surface area contributed by atoms with E-state index in [-0.39, 0.29) is 0 Å². The van der Waals surface area contributed by atoms with Gasteiger partial charge in [-0.2, -0.15) is 0 Å². The molecule has 9 heavy (non-hydrogen) atoms. The SMILES string of the molecule is CC1C=C(C=O)CCC1. The van der Waals surface area contributed by atoms with Gasteiger partial charge in [-0.25, -0.2) is 0 Å². The van der Waals surface area contributed by atoms with Crippen LogP contribution in [0, 0.1) is 5.92 Å². The van der Waals surface area contributed by atoms with Gasteiger partial charge in [-0.3, -0.25) is 4.79 Å². The predicted molar refractivity (Wildman–Crippen MR) is 37.2 cm³/mol. The van der Waals surface area contributed by atoms with Crippen LogP contribution in [0.3, 0.4) is 0 Å². The minimum absolute atomic E-state index is 0.624. The zero-order valence-corrected chi connectivity index (χ0v) is 5.76. The summed E-state index contributed by atoms with van der Waals surface area (Å²) < 4.78 is 0. The van der Waals surface area contributed by atoms with Crippen LogP contribution in [-0.4, -0.2) is 6.29 Å². The maximum atomic E-state index is 10.2. The van der Waals surface area contributed by atoms with Crippen molar-refractivity contribution in [2.24, 2.45) is 5.92 Å². The van der Waals surface area contributed by atoms with E-state index in [4.69, 9.17) is 0 Å². The summed E-state index contributed by atoms with van der Waals surface area (Å²) in [6.07, 6.45) is 6.49. The lowest BCUT2D eigenvalue weighted by Gasteiger charge is -2.12. The smallest absolute Gasteiger partial charge is 0.145 e. The summed E-state index contributed by atoms with van der Waals surface area (Å²) in [5.41, 5.74) is 0.994. The second-order valence-electron chi connectivity index (χ2n) is 2.73. The van der Waals surface area contributed by atoms with Crippen LogP contribution in [0.4, 0.5) is 0 Å². The third-order valence-corrected chi connectivity index (χ3v) is 1.77. The molecule has 0 amide bonds. The predicted octanol–water partition coefficient (Wildman–Crippen LogP) is 1.93. The molecular formula is C8H12O. The number of hydrogen-bond donors (Lipinski definition) is 0. The van der Waals surface area contributed by atoms with Crippen molar-refractivity contribution in [2.75, 3.05) is 0 Å². The monoisotopic (exact) mass is 124 g/mol. The summed E-state index contributed by atoms with van der Waals surface area (Å²) in [5.74, 6) is 0.624. The molecule has 0 heterocycles. The van der Waals surface area contributed by atoms with Crippen LogP contribution in [0.1, 0.15) is 26.2 Å². The van der Waals surface area contributed by atoms with Gasteiger partial charge in [-0.15, -0.1) is 0 Å². The summed E-state index contributed by atoms with van der Waals surface area (Å²) in [6.45, 7) is 2.16. The van der Waals surface area contributed by atoms with Crippen LogP contribution >= 0.6 is 0 Å². The molecule has 0 fully saturated rings. The minimum atomic E-state index is 0.624. The molecule has 1 unspecified atom stereocenters. The molecule has 0 aromatic carbocycles. The second kappa shape index (κ2) is 2.81. The fourth-order valence-corrected chi connectivity index (χ4v) is 1.26. The zero-order chi connectivity index (χ0) is 6.69. The molecule has 0 saturated heterocycles. The average Bonchev–Trinajstić information content (AvgIpc) is 1.88. The van der Waals surface area contributed by atoms with Crippen LogP contribution in [0.15, 0.2) is 11.6 Å². The molecule has 1 nitrogen and oxygen atoms in total. The fourth-order valence-electron chi connectivity index (χ4n) is 1.26. The van der Waals surface area contributed by atoms with Crippen molar-refractivity contribution >= 4 is 6.29 Å². The van der Waals surface area contributed by atoms with Gasteiger partial charge in [-0.05, 0) is 30.8 Å². The first kappa shape index (κ1) is 6.53. The van der Waals surface area contributed by atoms with Gasteiger partial charge >= 0.3 is 0 Å². The van der Waals surface area contributed by atoms with E-state index in [1.54, 1.807) is 0 Å². The molecule has 0 aromatic rings. The Bertz CT molecular complexity index is 136. The standard InChI is InChI=1S/C8H12O/c1-7-3-2-4-8(5-7)6-9/h5-7H,2-4H2,1H3. The lowest BCUT2D eigenvalue weighted by molar-refractivity contribution is -0.105. The molecular weight excluding hydrogens is 112 g/mol. The van der Waals surface area contributed by atoms with Gasteiger partial charge in [0.2, 0.25) is 0 Å². The van der Waals surface area contributed by atoms with Crippen molar-refractivity contribution < 1.29 is 4.79 Å². The molecule has 0 radical (unpaired) electrons. The molecule has 0 saturated carbocycles. The zero-order valence-electron chi connectivity index (χ0n) is 5.76. The van der Waals surface area contributed by atoms with Crippen molar-refractivity contribution in [2.45, 2.75) is 26.2 Å². The van der Waals surface area contributed by atoms with Gasteiger partial charge in [0.25, 0.3) is 0 Å². The molecule has 50 valence electrons. The average molecular weight is 124 g/mol. The van der Waals surface area contributed by atoms with E-state index in [1.165, 1.54) is 12.8 Å². The van der Waals surface area contributed by atoms with Crippen LogP contribution in [0.2, 0.25) is 0 Å². The number of carbonyl (C=O) groups is 1. The van der Waals surface area contributed by atoms with Crippen molar-refractivity contribution in [3.63, 3.8) is 0 Å². The van der Waals surface area contributed by atoms with Gasteiger partial charge < -0.3 is 0 Å². The van der Waals surface area contributed by atoms with Crippen LogP contribution < -0.4 is 0 Å². The molecule has 0 bridgehead atoms. The summed E-state index contributed by atoms with van der Waals surface area (Å²) in [7, 11) is 0. The maximum Gasteiger partial charge on any atom is 0.145 e. The molecule has 1 aliphatic carbocycles. The molecule has 0 aliphatic heterocycles. The quantitative estimate of drug-likeness (QED) is 0.488. The molecule has 1 heteroatoms. The summed E-state index contributed by atoms with van der Waals surface area (Å²) in [5, 5.41) is 0. The molecule has 0 N–H and O–H groups in total. The first-order valence-corrected chi connectivity index (χ1v) is 3.49. The van der Waals surface area contributed by atoms with Gasteiger partial charge in [0.15, 0.2) is 0 Å². The van der Waals surface area contributed by atoms with Gasteiger partial charge in [0.1, 0.15) is 6.29 Å². The Kier molecular flexibility index (Phi) is 2.04. The fraction of sp³-hybridized carbons (Fsp3) is 0.625. The molecule has 1 aliphatic rings. The Morgan fingerprint density at radius 3 is 3.00 bits per heavy atom. The third-order valence-electron chi connectivity index (χ3n) is 1.77. The van der Waals surface area contributed by atoms with E-state index in [0.29, 0.717) is 5.92 Å². The van der Waals surface area contributed by atoms with Crippen LogP contribution in [0.25, 0.3) is 0 Å². The van der Waals surface area contributed by atoms with Crippen LogP contribution in [-0.2, 0) is 4.79 Å². The number of allylic oxidation sites excluding steroid dienone is 2. The Morgan fingerprint density at radius 2 is 2.56 bits per heavy atom. The second-order valence-corrected chi connectivity index (χ2v) is 2.73. The summed E-state index contributed by atoms with van der Waals surface area (Å²) >= 11 is 0. The molecule has 1 rings (SSSR count). The number of hydrogen-bond acceptors (Lipinski definition) is 1. The van der Waals surface area contributed by atoms with Gasteiger partial charge in [0, 0.05) is 0 Å². The van der Waals surface area contributed by atoms with E-state index in [1.807, 2.05) is 0 Å². The highest BCUT2D eigenvalue weighted by Gasteiger charge is 2.07. The van der Waals surface area contributed by atoms with Gasteiger partial charge in [0.05, 0.1) is 0 Å². The Hall–Kier alpha value is -0.590. The van der Waals surface area contributed by atoms with Crippen molar-refractivity contribution in [1.82, 2.24) is 0 Å². The lowest BCUT2D eigenvalue weighted by atomic mass is 9.93. The lowest BCUT2D eigenvalue weighted by Crippen LogP contribution is -2.00. The van der Waals surface area contributed by atoms with E-state index in [9.17, 15) is 4.79 Å². The van der Waals surface area contributed by atoms with Crippen LogP contribution in [0.5, 0.6) is 0 Å². The normalized spacial score (nSPS) is 27.2. The maximum absolute atomic E-state index is 10.2. The van der Waals surface area contributed by atoms with Crippen molar-refractivity contribution in [3.05, 3.63) is 11.6 Å². The first-order chi connectivity index (χ1) is 4.33. The number of aldehydes is 1. The Morgan fingerprint density at radius 1 is 1.78 bits per heavy atom. The van der Waals surface area contributed by atoms with E-state index >= 15 is 0 Å². The van der Waals surface area contributed by atoms with Gasteiger partial charge in [-0.1, -0.05) is 13.0 Å². The highest BCUT2D eigenvalue weighted by Crippen LogP contribution is 2.20. The highest BCUT2D eigenvalue weighted by atomic mass is 16.1. The van der Waals surface area contributed by atoms with E-state index in [2.05, 4.69) is 13.0 Å². The van der Waals surface area contributed by atoms with Crippen molar-refractivity contribution in [1.29, 1.82) is 0 Å². The largest absolute Gasteiger partial charge is 0.298 e. The molecule has 0 aromatic heterocycles. The molecule has 1 atom stereocenters. The van der Waals surface area contributed by atoms with E-state index < -0.39 is 0 Å². The van der Waals surface area contributed by atoms with E-state index in [0.717, 1.165) is 18.3 Å². The number of rotatable bonds is 1. The third kappa shape index (κ3) is 1.67. The Labute approximate surface area is 55.8 Å². The number of carbonyl (C=O) groups excluding carboxylic acids is 1. The summed E-state index contributed by atoms with van der Waals surface area (Å²) in [6, 6.07) is 0. The first-order valence-electron chi connectivity index (χ1n) is 3.49. The minimum Gasteiger partial charge on any atom is -0.298 e. The Balaban J connectivity index is 2.59. The highest BCUT2D eigenvalue weighted by molar-refractivity contribution is 5.73. The summed E-state index contributed by atoms with van der Waals surface area (Å²) in [4.78, 5) is 10.2. The van der Waals surface area contributed by atoms with Crippen molar-refractivity contribution in [3.8, 4) is 0 Å². The topological polar surface area (TPSA) is 17.1 Å².